The molecule has 2 rings (SSSR count). The Labute approximate surface area is 124 Å². The van der Waals surface area contributed by atoms with Crippen LogP contribution in [0.15, 0.2) is 17.0 Å². The fourth-order valence-electron chi connectivity index (χ4n) is 2.37. The molecule has 0 bridgehead atoms. The molecule has 116 valence electrons. The predicted molar refractivity (Wildman–Crippen MR) is 77.0 cm³/mol. The summed E-state index contributed by atoms with van der Waals surface area (Å²) in [5, 5.41) is 9.10. The van der Waals surface area contributed by atoms with Crippen molar-refractivity contribution in [2.75, 3.05) is 13.7 Å². The van der Waals surface area contributed by atoms with Crippen molar-refractivity contribution in [1.82, 2.24) is 4.72 Å². The Morgan fingerprint density at radius 3 is 2.24 bits per heavy atom. The zero-order chi connectivity index (χ0) is 15.8. The van der Waals surface area contributed by atoms with Crippen LogP contribution in [0.3, 0.4) is 0 Å². The molecule has 1 aliphatic rings. The minimum absolute atomic E-state index is 0.0738. The number of nitrogens with one attached hydrogen (secondary N) is 1. The maximum Gasteiger partial charge on any atom is 0.310 e. The summed E-state index contributed by atoms with van der Waals surface area (Å²) in [7, 11) is -2.22. The summed E-state index contributed by atoms with van der Waals surface area (Å²) >= 11 is 0. The Hall–Kier alpha value is -1.60. The van der Waals surface area contributed by atoms with Crippen molar-refractivity contribution < 1.29 is 23.1 Å². The largest absolute Gasteiger partial charge is 0.497 e. The van der Waals surface area contributed by atoms with E-state index in [1.54, 1.807) is 26.0 Å². The van der Waals surface area contributed by atoms with Gasteiger partial charge in [0.15, 0.2) is 0 Å². The summed E-state index contributed by atoms with van der Waals surface area (Å²) in [4.78, 5) is 11.3. The van der Waals surface area contributed by atoms with Crippen LogP contribution in [-0.2, 0) is 14.8 Å². The van der Waals surface area contributed by atoms with Gasteiger partial charge in [0.2, 0.25) is 10.0 Å². The molecule has 1 fully saturated rings. The number of ether oxygens (including phenoxy) is 1. The van der Waals surface area contributed by atoms with Crippen LogP contribution >= 0.6 is 0 Å². The third-order valence-electron chi connectivity index (χ3n) is 3.85. The lowest BCUT2D eigenvalue weighted by atomic mass is 10.1. The summed E-state index contributed by atoms with van der Waals surface area (Å²) in [5.74, 6) is -0.360. The van der Waals surface area contributed by atoms with Gasteiger partial charge >= 0.3 is 5.97 Å². The number of aliphatic carboxylic acids is 1. The minimum atomic E-state index is -3.74. The second-order valence-corrected chi connectivity index (χ2v) is 7.20. The van der Waals surface area contributed by atoms with Gasteiger partial charge in [-0.3, -0.25) is 4.79 Å². The number of sulfonamides is 1. The van der Waals surface area contributed by atoms with E-state index < -0.39 is 21.4 Å². The molecule has 0 spiro atoms. The highest BCUT2D eigenvalue weighted by molar-refractivity contribution is 7.89. The van der Waals surface area contributed by atoms with E-state index in [2.05, 4.69) is 4.72 Å². The molecule has 0 saturated heterocycles. The quantitative estimate of drug-likeness (QED) is 0.829. The third-order valence-corrected chi connectivity index (χ3v) is 5.55. The van der Waals surface area contributed by atoms with Gasteiger partial charge in [0.1, 0.15) is 5.75 Å². The molecule has 1 aliphatic carbocycles. The van der Waals surface area contributed by atoms with Gasteiger partial charge in [-0.2, -0.15) is 0 Å². The number of aryl methyl sites for hydroxylation is 2. The van der Waals surface area contributed by atoms with Crippen LogP contribution < -0.4 is 9.46 Å². The van der Waals surface area contributed by atoms with Crippen LogP contribution in [-0.4, -0.2) is 33.1 Å². The number of carbonyl (C=O) groups is 1. The maximum absolute atomic E-state index is 12.4. The Bertz CT molecular complexity index is 654. The fraction of sp³-hybridized carbons (Fsp3) is 0.500. The first-order valence-corrected chi connectivity index (χ1v) is 8.08. The number of carboxylic acids is 1. The summed E-state index contributed by atoms with van der Waals surface area (Å²) in [6.07, 6.45) is 1.01. The van der Waals surface area contributed by atoms with E-state index in [4.69, 9.17) is 9.84 Å². The fourth-order valence-corrected chi connectivity index (χ4v) is 3.95. The highest BCUT2D eigenvalue weighted by Crippen LogP contribution is 2.45. The first-order chi connectivity index (χ1) is 9.72. The molecule has 6 nitrogen and oxygen atoms in total. The van der Waals surface area contributed by atoms with E-state index in [-0.39, 0.29) is 11.4 Å². The van der Waals surface area contributed by atoms with Crippen LogP contribution in [0.5, 0.6) is 5.75 Å². The second kappa shape index (κ2) is 5.31. The molecular formula is C14H19NO5S. The highest BCUT2D eigenvalue weighted by atomic mass is 32.2. The summed E-state index contributed by atoms with van der Waals surface area (Å²) in [6, 6.07) is 3.29. The Morgan fingerprint density at radius 1 is 1.33 bits per heavy atom. The summed E-state index contributed by atoms with van der Waals surface area (Å²) < 4.78 is 32.4. The van der Waals surface area contributed by atoms with Crippen molar-refractivity contribution in [2.45, 2.75) is 31.6 Å². The van der Waals surface area contributed by atoms with Gasteiger partial charge in [-0.1, -0.05) is 0 Å². The van der Waals surface area contributed by atoms with Crippen molar-refractivity contribution >= 4 is 16.0 Å². The number of hydrogen-bond donors (Lipinski definition) is 2. The van der Waals surface area contributed by atoms with Gasteiger partial charge < -0.3 is 9.84 Å². The van der Waals surface area contributed by atoms with Crippen LogP contribution in [0, 0.1) is 19.3 Å². The molecule has 0 radical (unpaired) electrons. The summed E-state index contributed by atoms with van der Waals surface area (Å²) in [6.45, 7) is 3.30. The standard InChI is InChI=1S/C14H19NO5S/c1-9-6-11(20-3)7-10(2)12(9)21(18,19)15-8-14(4-5-14)13(16)17/h6-7,15H,4-5,8H2,1-3H3,(H,16,17). The number of methoxy groups -OCH3 is 1. The van der Waals surface area contributed by atoms with E-state index in [1.165, 1.54) is 7.11 Å². The number of hydrogen-bond acceptors (Lipinski definition) is 4. The first-order valence-electron chi connectivity index (χ1n) is 6.60. The smallest absolute Gasteiger partial charge is 0.310 e. The van der Waals surface area contributed by atoms with Gasteiger partial charge in [-0.15, -0.1) is 0 Å². The molecule has 0 aromatic heterocycles. The van der Waals surface area contributed by atoms with E-state index >= 15 is 0 Å². The molecule has 0 aliphatic heterocycles. The zero-order valence-electron chi connectivity index (χ0n) is 12.3. The number of benzene rings is 1. The van der Waals surface area contributed by atoms with Crippen molar-refractivity contribution in [3.8, 4) is 5.75 Å². The van der Waals surface area contributed by atoms with Crippen LogP contribution in [0.4, 0.5) is 0 Å². The normalized spacial score (nSPS) is 16.5. The van der Waals surface area contributed by atoms with E-state index in [0.29, 0.717) is 29.7 Å². The molecule has 1 aromatic carbocycles. The molecule has 21 heavy (non-hydrogen) atoms. The van der Waals surface area contributed by atoms with Crippen LogP contribution in [0.25, 0.3) is 0 Å². The average molecular weight is 313 g/mol. The summed E-state index contributed by atoms with van der Waals surface area (Å²) in [5.41, 5.74) is 0.209. The molecule has 1 saturated carbocycles. The lowest BCUT2D eigenvalue weighted by Gasteiger charge is -2.15. The van der Waals surface area contributed by atoms with Gasteiger partial charge in [-0.25, -0.2) is 13.1 Å². The maximum atomic E-state index is 12.4. The molecule has 1 aromatic rings. The van der Waals surface area contributed by atoms with Gasteiger partial charge in [0.05, 0.1) is 17.4 Å². The average Bonchev–Trinajstić information content (AvgIpc) is 3.16. The van der Waals surface area contributed by atoms with Crippen molar-refractivity contribution in [3.63, 3.8) is 0 Å². The molecule has 0 amide bonds. The number of carboxylic acid groups (broad SMARTS) is 1. The lowest BCUT2D eigenvalue weighted by Crippen LogP contribution is -2.34. The third kappa shape index (κ3) is 3.03. The molecule has 0 atom stereocenters. The Balaban J connectivity index is 2.26. The first kappa shape index (κ1) is 15.8. The van der Waals surface area contributed by atoms with Crippen molar-refractivity contribution in [1.29, 1.82) is 0 Å². The molecular weight excluding hydrogens is 294 g/mol. The minimum Gasteiger partial charge on any atom is -0.497 e. The lowest BCUT2D eigenvalue weighted by molar-refractivity contribution is -0.143. The van der Waals surface area contributed by atoms with E-state index in [1.807, 2.05) is 0 Å². The van der Waals surface area contributed by atoms with Crippen LogP contribution in [0.2, 0.25) is 0 Å². The van der Waals surface area contributed by atoms with E-state index in [0.717, 1.165) is 0 Å². The number of rotatable bonds is 6. The second-order valence-electron chi connectivity index (χ2n) is 5.50. The van der Waals surface area contributed by atoms with Gasteiger partial charge in [-0.05, 0) is 49.9 Å². The Morgan fingerprint density at radius 2 is 1.86 bits per heavy atom. The SMILES string of the molecule is COc1cc(C)c(S(=O)(=O)NCC2(C(=O)O)CC2)c(C)c1. The predicted octanol–water partition coefficient (Wildman–Crippen LogP) is 1.46. The van der Waals surface area contributed by atoms with E-state index in [9.17, 15) is 13.2 Å². The van der Waals surface area contributed by atoms with Gasteiger partial charge in [0, 0.05) is 6.54 Å². The molecule has 2 N–H and O–H groups in total. The molecule has 0 unspecified atom stereocenters. The van der Waals surface area contributed by atoms with Crippen molar-refractivity contribution in [2.24, 2.45) is 5.41 Å². The highest BCUT2D eigenvalue weighted by Gasteiger charge is 2.50. The monoisotopic (exact) mass is 313 g/mol. The Kier molecular flexibility index (Phi) is 3.99. The van der Waals surface area contributed by atoms with Crippen LogP contribution in [0.1, 0.15) is 24.0 Å². The molecule has 0 heterocycles. The zero-order valence-corrected chi connectivity index (χ0v) is 13.1. The van der Waals surface area contributed by atoms with Gasteiger partial charge in [0.25, 0.3) is 0 Å². The van der Waals surface area contributed by atoms with Crippen molar-refractivity contribution in [3.05, 3.63) is 23.3 Å². The molecule has 7 heteroatoms. The topological polar surface area (TPSA) is 92.7 Å².